The summed E-state index contributed by atoms with van der Waals surface area (Å²) in [5.41, 5.74) is 3.66. The first-order valence-corrected chi connectivity index (χ1v) is 6.83. The average Bonchev–Trinajstić information content (AvgIpc) is 2.78. The average molecular weight is 283 g/mol. The summed E-state index contributed by atoms with van der Waals surface area (Å²) in [5.74, 6) is 0. The van der Waals surface area contributed by atoms with Crippen LogP contribution in [0.4, 0.5) is 5.69 Å². The molecule has 1 unspecified atom stereocenters. The first-order chi connectivity index (χ1) is 9.29. The molecule has 2 aromatic rings. The number of aromatic nitrogens is 2. The van der Waals surface area contributed by atoms with Crippen LogP contribution >= 0.6 is 11.6 Å². The molecule has 5 nitrogen and oxygen atoms in total. The minimum Gasteiger partial charge on any atom is -0.356 e. The summed E-state index contributed by atoms with van der Waals surface area (Å²) in [5, 5.41) is 5.86. The third-order valence-corrected chi connectivity index (χ3v) is 3.65. The molecule has 102 valence electrons. The number of hydrogen-bond donors (Lipinski definition) is 1. The first-order valence-electron chi connectivity index (χ1n) is 6.45. The fourth-order valence-electron chi connectivity index (χ4n) is 2.47. The van der Waals surface area contributed by atoms with Gasteiger partial charge in [-0.3, -0.25) is 0 Å². The van der Waals surface area contributed by atoms with Gasteiger partial charge in [0.05, 0.1) is 12.6 Å². The molecule has 0 spiro atoms. The van der Waals surface area contributed by atoms with Crippen molar-refractivity contribution in [1.82, 2.24) is 9.78 Å². The van der Waals surface area contributed by atoms with Crippen LogP contribution in [-0.4, -0.2) is 23.5 Å². The molecule has 3 rings (SSSR count). The lowest BCUT2D eigenvalue weighted by atomic mass is 10.2. The van der Waals surface area contributed by atoms with E-state index >= 15 is 0 Å². The molecule has 1 aliphatic heterocycles. The van der Waals surface area contributed by atoms with E-state index in [1.807, 2.05) is 22.9 Å². The molecule has 0 aliphatic carbocycles. The van der Waals surface area contributed by atoms with Gasteiger partial charge >= 0.3 is 0 Å². The second-order valence-electron chi connectivity index (χ2n) is 4.69. The zero-order chi connectivity index (χ0) is 13.2. The second-order valence-corrected chi connectivity index (χ2v) is 5.04. The topological polar surface area (TPSA) is 52.9 Å². The predicted molar refractivity (Wildman–Crippen MR) is 72.2 cm³/mol. The van der Waals surface area contributed by atoms with Gasteiger partial charge in [0.25, 0.3) is 0 Å². The second kappa shape index (κ2) is 5.46. The lowest BCUT2D eigenvalue weighted by Crippen LogP contribution is -2.75. The largest absolute Gasteiger partial charge is 0.356 e. The zero-order valence-corrected chi connectivity index (χ0v) is 11.6. The molecule has 6 heteroatoms. The smallest absolute Gasteiger partial charge is 0.162 e. The van der Waals surface area contributed by atoms with Gasteiger partial charge in [-0.15, -0.1) is 0 Å². The zero-order valence-electron chi connectivity index (χ0n) is 10.8. The predicted octanol–water partition coefficient (Wildman–Crippen LogP) is 2.15. The number of halogens is 1. The number of nitrogens with two attached hydrogens (primary N) is 1. The van der Waals surface area contributed by atoms with Gasteiger partial charge in [-0.25, -0.2) is 9.52 Å². The molecule has 2 N–H and O–H groups in total. The van der Waals surface area contributed by atoms with E-state index in [0.29, 0.717) is 5.15 Å². The van der Waals surface area contributed by atoms with Gasteiger partial charge in [-0.05, 0) is 25.3 Å². The highest BCUT2D eigenvalue weighted by molar-refractivity contribution is 6.34. The SMILES string of the molecule is CO[NH2+]c1ccc2c(c1)c(Cl)nn2C1CCCCO1. The van der Waals surface area contributed by atoms with Crippen molar-refractivity contribution in [3.63, 3.8) is 0 Å². The lowest BCUT2D eigenvalue weighted by Gasteiger charge is -2.23. The van der Waals surface area contributed by atoms with E-state index in [-0.39, 0.29) is 6.23 Å². The molecule has 0 saturated carbocycles. The van der Waals surface area contributed by atoms with Crippen LogP contribution in [0.2, 0.25) is 5.15 Å². The highest BCUT2D eigenvalue weighted by atomic mass is 35.5. The summed E-state index contributed by atoms with van der Waals surface area (Å²) in [6.45, 7) is 0.791. The molecule has 19 heavy (non-hydrogen) atoms. The fraction of sp³-hybridized carbons (Fsp3) is 0.462. The highest BCUT2D eigenvalue weighted by Gasteiger charge is 2.20. The Kier molecular flexibility index (Phi) is 3.70. The minimum atomic E-state index is 0.000930. The van der Waals surface area contributed by atoms with Crippen molar-refractivity contribution in [2.75, 3.05) is 13.7 Å². The van der Waals surface area contributed by atoms with Crippen LogP contribution in [0, 0.1) is 0 Å². The molecule has 1 atom stereocenters. The fourth-order valence-corrected chi connectivity index (χ4v) is 2.70. The standard InChI is InChI=1S/C13H16ClN3O2/c1-18-16-9-5-6-11-10(8-9)13(14)15-17(11)12-4-2-3-7-19-12/h5-6,8,12,16H,2-4,7H2,1H3/p+1. The summed E-state index contributed by atoms with van der Waals surface area (Å²) in [6, 6.07) is 5.98. The van der Waals surface area contributed by atoms with Gasteiger partial charge in [-0.2, -0.15) is 10.6 Å². The highest BCUT2D eigenvalue weighted by Crippen LogP contribution is 2.30. The number of benzene rings is 1. The number of ether oxygens (including phenoxy) is 1. The van der Waals surface area contributed by atoms with Crippen LogP contribution in [0.1, 0.15) is 25.5 Å². The summed E-state index contributed by atoms with van der Waals surface area (Å²) < 4.78 is 7.67. The molecule has 1 aromatic carbocycles. The van der Waals surface area contributed by atoms with Crippen molar-refractivity contribution in [1.29, 1.82) is 0 Å². The van der Waals surface area contributed by atoms with Crippen LogP contribution in [0.15, 0.2) is 18.2 Å². The van der Waals surface area contributed by atoms with E-state index in [1.165, 1.54) is 6.42 Å². The first kappa shape index (κ1) is 12.9. The van der Waals surface area contributed by atoms with Gasteiger partial charge in [0.1, 0.15) is 0 Å². The van der Waals surface area contributed by atoms with Crippen molar-refractivity contribution < 1.29 is 15.1 Å². The van der Waals surface area contributed by atoms with Gasteiger partial charge in [0.2, 0.25) is 0 Å². The quantitative estimate of drug-likeness (QED) is 0.693. The lowest BCUT2D eigenvalue weighted by molar-refractivity contribution is -0.830. The summed E-state index contributed by atoms with van der Waals surface area (Å²) in [7, 11) is 1.63. The molecule has 1 saturated heterocycles. The van der Waals surface area contributed by atoms with E-state index in [9.17, 15) is 0 Å². The van der Waals surface area contributed by atoms with E-state index < -0.39 is 0 Å². The third-order valence-electron chi connectivity index (χ3n) is 3.37. The molecule has 2 heterocycles. The van der Waals surface area contributed by atoms with Crippen LogP contribution in [-0.2, 0) is 9.57 Å². The van der Waals surface area contributed by atoms with Crippen LogP contribution < -0.4 is 5.48 Å². The minimum absolute atomic E-state index is 0.000930. The van der Waals surface area contributed by atoms with Crippen molar-refractivity contribution in [2.45, 2.75) is 25.5 Å². The number of fused-ring (bicyclic) bond motifs is 1. The summed E-state index contributed by atoms with van der Waals surface area (Å²) >= 11 is 6.23. The Labute approximate surface area is 116 Å². The Hall–Kier alpha value is -1.14. The van der Waals surface area contributed by atoms with Crippen LogP contribution in [0.25, 0.3) is 10.9 Å². The maximum atomic E-state index is 6.23. The van der Waals surface area contributed by atoms with Crippen LogP contribution in [0.5, 0.6) is 0 Å². The maximum Gasteiger partial charge on any atom is 0.162 e. The Bertz CT molecular complexity index is 579. The van der Waals surface area contributed by atoms with Gasteiger partial charge < -0.3 is 4.74 Å². The molecule has 1 aromatic heterocycles. The number of nitrogens with zero attached hydrogens (tertiary/aromatic N) is 2. The molecular weight excluding hydrogens is 266 g/mol. The third kappa shape index (κ3) is 2.47. The van der Waals surface area contributed by atoms with E-state index in [0.717, 1.165) is 36.0 Å². The van der Waals surface area contributed by atoms with Gasteiger partial charge in [0.15, 0.2) is 17.1 Å². The maximum absolute atomic E-state index is 6.23. The molecule has 1 fully saturated rings. The Balaban J connectivity index is 2.01. The van der Waals surface area contributed by atoms with Crippen molar-refractivity contribution in [3.05, 3.63) is 23.4 Å². The molecule has 0 radical (unpaired) electrons. The molecular formula is C13H17ClN3O2+. The van der Waals surface area contributed by atoms with Gasteiger partial charge in [-0.1, -0.05) is 11.6 Å². The van der Waals surface area contributed by atoms with E-state index in [1.54, 1.807) is 12.6 Å². The summed E-state index contributed by atoms with van der Waals surface area (Å²) in [4.78, 5) is 5.02. The van der Waals surface area contributed by atoms with Gasteiger partial charge in [0, 0.05) is 24.1 Å². The normalized spacial score (nSPS) is 20.0. The molecule has 0 bridgehead atoms. The number of rotatable bonds is 3. The Morgan fingerprint density at radius 2 is 2.37 bits per heavy atom. The van der Waals surface area contributed by atoms with Crippen LogP contribution in [0.3, 0.4) is 0 Å². The number of quaternary nitrogens is 1. The number of hydrogen-bond acceptors (Lipinski definition) is 3. The van der Waals surface area contributed by atoms with Crippen molar-refractivity contribution >= 4 is 28.2 Å². The Morgan fingerprint density at radius 1 is 1.47 bits per heavy atom. The summed E-state index contributed by atoms with van der Waals surface area (Å²) in [6.07, 6.45) is 3.27. The van der Waals surface area contributed by atoms with Crippen molar-refractivity contribution in [2.24, 2.45) is 0 Å². The Morgan fingerprint density at radius 3 is 3.11 bits per heavy atom. The van der Waals surface area contributed by atoms with E-state index in [4.69, 9.17) is 21.2 Å². The molecule has 1 aliphatic rings. The monoisotopic (exact) mass is 282 g/mol. The van der Waals surface area contributed by atoms with Crippen molar-refractivity contribution in [3.8, 4) is 0 Å². The molecule has 0 amide bonds. The van der Waals surface area contributed by atoms with E-state index in [2.05, 4.69) is 5.10 Å².